The van der Waals surface area contributed by atoms with Crippen molar-refractivity contribution in [2.24, 2.45) is 5.92 Å². The Morgan fingerprint density at radius 3 is 2.30 bits per heavy atom. The van der Waals surface area contributed by atoms with E-state index in [1.54, 1.807) is 0 Å². The summed E-state index contributed by atoms with van der Waals surface area (Å²) in [6.45, 7) is 2.70. The summed E-state index contributed by atoms with van der Waals surface area (Å²) in [4.78, 5) is 22.8. The van der Waals surface area contributed by atoms with Crippen LogP contribution in [0.3, 0.4) is 0 Å². The number of ether oxygens (including phenoxy) is 1. The van der Waals surface area contributed by atoms with E-state index in [0.717, 1.165) is 25.7 Å². The molecule has 1 saturated carbocycles. The number of aliphatic carboxylic acids is 1. The fraction of sp³-hybridized carbons (Fsp3) is 0.857. The number of carboxylic acid groups (broad SMARTS) is 1. The number of carboxylic acids is 1. The molecule has 6 heteroatoms. The average Bonchev–Trinajstić information content (AvgIpc) is 2.39. The zero-order chi connectivity index (χ0) is 14.5. The number of carbonyl (C=O) groups is 2. The van der Waals surface area contributed by atoms with E-state index in [1.165, 1.54) is 0 Å². The fourth-order valence-electron chi connectivity index (χ4n) is 3.03. The van der Waals surface area contributed by atoms with Gasteiger partial charge in [-0.3, -0.25) is 4.79 Å². The van der Waals surface area contributed by atoms with Crippen molar-refractivity contribution >= 4 is 12.0 Å². The molecule has 0 aromatic rings. The fourth-order valence-corrected chi connectivity index (χ4v) is 3.03. The van der Waals surface area contributed by atoms with Gasteiger partial charge in [0.25, 0.3) is 0 Å². The average molecular weight is 284 g/mol. The summed E-state index contributed by atoms with van der Waals surface area (Å²) >= 11 is 0. The maximum atomic E-state index is 11.9. The molecule has 3 N–H and O–H groups in total. The normalized spacial score (nSPS) is 34.2. The first-order valence-electron chi connectivity index (χ1n) is 7.46. The summed E-state index contributed by atoms with van der Waals surface area (Å²) in [6, 6.07) is 0.139. The van der Waals surface area contributed by atoms with Crippen LogP contribution in [0.15, 0.2) is 0 Å². The van der Waals surface area contributed by atoms with Crippen LogP contribution in [0.25, 0.3) is 0 Å². The summed E-state index contributed by atoms with van der Waals surface area (Å²) < 4.78 is 5.45. The van der Waals surface area contributed by atoms with Crippen molar-refractivity contribution in [3.8, 4) is 0 Å². The second-order valence-corrected chi connectivity index (χ2v) is 5.91. The highest BCUT2D eigenvalue weighted by molar-refractivity contribution is 5.74. The van der Waals surface area contributed by atoms with Gasteiger partial charge in [0, 0.05) is 18.7 Å². The van der Waals surface area contributed by atoms with E-state index in [9.17, 15) is 9.59 Å². The van der Waals surface area contributed by atoms with Crippen LogP contribution in [-0.2, 0) is 9.53 Å². The third-order valence-electron chi connectivity index (χ3n) is 4.23. The minimum absolute atomic E-state index is 0.0999. The highest BCUT2D eigenvalue weighted by atomic mass is 16.5. The molecular formula is C14H24N2O4. The third kappa shape index (κ3) is 4.37. The molecule has 0 aromatic heterocycles. The number of nitrogens with one attached hydrogen (secondary N) is 2. The SMILES string of the molecule is CC1CC(NC(=O)NC2CCC(C(=O)O)CC2)CCO1. The summed E-state index contributed by atoms with van der Waals surface area (Å²) in [6.07, 6.45) is 4.68. The van der Waals surface area contributed by atoms with Gasteiger partial charge >= 0.3 is 12.0 Å². The summed E-state index contributed by atoms with van der Waals surface area (Å²) in [5, 5.41) is 14.9. The Balaban J connectivity index is 1.68. The lowest BCUT2D eigenvalue weighted by atomic mass is 9.86. The van der Waals surface area contributed by atoms with Gasteiger partial charge in [-0.15, -0.1) is 0 Å². The van der Waals surface area contributed by atoms with Gasteiger partial charge < -0.3 is 20.5 Å². The maximum Gasteiger partial charge on any atom is 0.315 e. The molecule has 1 aliphatic heterocycles. The van der Waals surface area contributed by atoms with Crippen molar-refractivity contribution in [1.82, 2.24) is 10.6 Å². The number of rotatable bonds is 3. The van der Waals surface area contributed by atoms with Crippen LogP contribution in [0.2, 0.25) is 0 Å². The van der Waals surface area contributed by atoms with Gasteiger partial charge in [-0.05, 0) is 45.4 Å². The number of hydrogen-bond acceptors (Lipinski definition) is 3. The Hall–Kier alpha value is -1.30. The largest absolute Gasteiger partial charge is 0.481 e. The van der Waals surface area contributed by atoms with Gasteiger partial charge in [0.05, 0.1) is 12.0 Å². The molecule has 2 atom stereocenters. The molecule has 0 aromatic carbocycles. The van der Waals surface area contributed by atoms with Crippen molar-refractivity contribution < 1.29 is 19.4 Å². The van der Waals surface area contributed by atoms with E-state index >= 15 is 0 Å². The second-order valence-electron chi connectivity index (χ2n) is 5.91. The quantitative estimate of drug-likeness (QED) is 0.733. The van der Waals surface area contributed by atoms with Crippen molar-refractivity contribution in [3.63, 3.8) is 0 Å². The molecule has 2 amide bonds. The number of amides is 2. The zero-order valence-corrected chi connectivity index (χ0v) is 11.9. The van der Waals surface area contributed by atoms with Gasteiger partial charge in [-0.25, -0.2) is 4.79 Å². The van der Waals surface area contributed by atoms with E-state index < -0.39 is 5.97 Å². The molecule has 6 nitrogen and oxygen atoms in total. The number of urea groups is 1. The molecule has 2 rings (SSSR count). The molecule has 114 valence electrons. The lowest BCUT2D eigenvalue weighted by molar-refractivity contribution is -0.142. The molecule has 20 heavy (non-hydrogen) atoms. The van der Waals surface area contributed by atoms with Crippen molar-refractivity contribution in [2.75, 3.05) is 6.61 Å². The van der Waals surface area contributed by atoms with Gasteiger partial charge in [0.1, 0.15) is 0 Å². The molecule has 1 saturated heterocycles. The smallest absolute Gasteiger partial charge is 0.315 e. The Bertz CT molecular complexity index is 353. The Labute approximate surface area is 119 Å². The summed E-state index contributed by atoms with van der Waals surface area (Å²) in [7, 11) is 0. The molecule has 2 aliphatic rings. The zero-order valence-electron chi connectivity index (χ0n) is 11.9. The predicted molar refractivity (Wildman–Crippen MR) is 73.5 cm³/mol. The second kappa shape index (κ2) is 6.92. The van der Waals surface area contributed by atoms with E-state index in [1.807, 2.05) is 6.92 Å². The van der Waals surface area contributed by atoms with Crippen LogP contribution in [-0.4, -0.2) is 41.9 Å². The molecule has 1 aliphatic carbocycles. The minimum Gasteiger partial charge on any atom is -0.481 e. The van der Waals surface area contributed by atoms with Crippen LogP contribution in [0.4, 0.5) is 4.79 Å². The molecule has 0 radical (unpaired) electrons. The monoisotopic (exact) mass is 284 g/mol. The topological polar surface area (TPSA) is 87.7 Å². The molecule has 2 fully saturated rings. The Morgan fingerprint density at radius 2 is 1.70 bits per heavy atom. The Morgan fingerprint density at radius 1 is 1.05 bits per heavy atom. The first kappa shape index (κ1) is 15.1. The van der Waals surface area contributed by atoms with E-state index in [0.29, 0.717) is 19.4 Å². The maximum absolute atomic E-state index is 11.9. The number of carbonyl (C=O) groups excluding carboxylic acids is 1. The van der Waals surface area contributed by atoms with Gasteiger partial charge in [-0.2, -0.15) is 0 Å². The van der Waals surface area contributed by atoms with Crippen LogP contribution < -0.4 is 10.6 Å². The van der Waals surface area contributed by atoms with Crippen molar-refractivity contribution in [3.05, 3.63) is 0 Å². The van der Waals surface area contributed by atoms with Crippen molar-refractivity contribution in [1.29, 1.82) is 0 Å². The van der Waals surface area contributed by atoms with E-state index in [-0.39, 0.29) is 30.1 Å². The predicted octanol–water partition coefficient (Wildman–Crippen LogP) is 1.50. The first-order valence-corrected chi connectivity index (χ1v) is 7.46. The molecule has 0 bridgehead atoms. The molecule has 0 spiro atoms. The van der Waals surface area contributed by atoms with Gasteiger partial charge in [0.2, 0.25) is 0 Å². The Kier molecular flexibility index (Phi) is 5.23. The standard InChI is InChI=1S/C14H24N2O4/c1-9-8-12(6-7-20-9)16-14(19)15-11-4-2-10(3-5-11)13(17)18/h9-12H,2-8H2,1H3,(H,17,18)(H2,15,16,19). The summed E-state index contributed by atoms with van der Waals surface area (Å²) in [5.41, 5.74) is 0. The highest BCUT2D eigenvalue weighted by Gasteiger charge is 2.27. The molecule has 2 unspecified atom stereocenters. The first-order chi connectivity index (χ1) is 9.54. The van der Waals surface area contributed by atoms with Gasteiger partial charge in [-0.1, -0.05) is 0 Å². The van der Waals surface area contributed by atoms with Crippen LogP contribution in [0.1, 0.15) is 45.4 Å². The lowest BCUT2D eigenvalue weighted by Gasteiger charge is -2.30. The van der Waals surface area contributed by atoms with Gasteiger partial charge in [0.15, 0.2) is 0 Å². The van der Waals surface area contributed by atoms with Crippen molar-refractivity contribution in [2.45, 2.75) is 63.6 Å². The van der Waals surface area contributed by atoms with E-state index in [2.05, 4.69) is 10.6 Å². The van der Waals surface area contributed by atoms with E-state index in [4.69, 9.17) is 9.84 Å². The highest BCUT2D eigenvalue weighted by Crippen LogP contribution is 2.24. The minimum atomic E-state index is -0.718. The third-order valence-corrected chi connectivity index (χ3v) is 4.23. The van der Waals surface area contributed by atoms with Crippen LogP contribution in [0.5, 0.6) is 0 Å². The molecule has 1 heterocycles. The molecular weight excluding hydrogens is 260 g/mol. The van der Waals surface area contributed by atoms with Crippen LogP contribution in [0, 0.1) is 5.92 Å². The number of hydrogen-bond donors (Lipinski definition) is 3. The lowest BCUT2D eigenvalue weighted by Crippen LogP contribution is -2.49. The summed E-state index contributed by atoms with van der Waals surface area (Å²) in [5.74, 6) is -0.962. The van der Waals surface area contributed by atoms with Crippen LogP contribution >= 0.6 is 0 Å².